The highest BCUT2D eigenvalue weighted by Crippen LogP contribution is 2.38. The van der Waals surface area contributed by atoms with Gasteiger partial charge in [-0.1, -0.05) is 92.0 Å². The third-order valence-corrected chi connectivity index (χ3v) is 12.4. The van der Waals surface area contributed by atoms with E-state index in [1.807, 2.05) is 25.2 Å². The first-order valence-corrected chi connectivity index (χ1v) is 23.7. The third kappa shape index (κ3) is 19.9. The molecule has 4 aliphatic rings. The van der Waals surface area contributed by atoms with Gasteiger partial charge in [0.25, 0.3) is 0 Å². The van der Waals surface area contributed by atoms with Gasteiger partial charge >= 0.3 is 5.97 Å². The minimum Gasteiger partial charge on any atom is -0.462 e. The number of cyclic esters (lactones) is 1. The van der Waals surface area contributed by atoms with Crippen molar-refractivity contribution in [1.82, 2.24) is 5.32 Å². The Morgan fingerprint density at radius 2 is 1.29 bits per heavy atom. The first kappa shape index (κ1) is 58.1. The molecular formula is C49H76N2O18. The SMILES string of the molecule is C[C@H]1C[C@H](O)[C@@H](C)/C=C/C=C/C=C/C=C/C=C/C=C/C=C/C(O[C@@H]2OC[C@@H](O)[C@H](N)[C@@H]2O)C[C@@H]2OC(O)(CC(O)CC(O)C(O)CC[C@@H](O)CC(O)CC(=O)O1)C[C@H](O)C2C(=O)N[C@H]1COCC1O. The fourth-order valence-electron chi connectivity index (χ4n) is 8.47. The van der Waals surface area contributed by atoms with Gasteiger partial charge in [-0.3, -0.25) is 9.59 Å². The Kier molecular flexibility index (Phi) is 24.5. The van der Waals surface area contributed by atoms with Crippen molar-refractivity contribution in [3.63, 3.8) is 0 Å². The molecule has 1 amide bonds. The fourth-order valence-corrected chi connectivity index (χ4v) is 8.47. The maximum atomic E-state index is 13.9. The van der Waals surface area contributed by atoms with E-state index in [9.17, 15) is 65.8 Å². The quantitative estimate of drug-likeness (QED) is 0.148. The van der Waals surface area contributed by atoms with Gasteiger partial charge in [-0.2, -0.15) is 0 Å². The van der Waals surface area contributed by atoms with Crippen molar-refractivity contribution in [2.75, 3.05) is 19.8 Å². The van der Waals surface area contributed by atoms with Gasteiger partial charge in [0.15, 0.2) is 12.1 Å². The zero-order chi connectivity index (χ0) is 50.7. The van der Waals surface area contributed by atoms with Gasteiger partial charge in [0.2, 0.25) is 5.91 Å². The number of ether oxygens (including phenoxy) is 5. The number of nitrogens with two attached hydrogens (primary N) is 1. The minimum absolute atomic E-state index is 0.00526. The molecule has 0 aliphatic carbocycles. The largest absolute Gasteiger partial charge is 0.462 e. The smallest absolute Gasteiger partial charge is 0.308 e. The highest BCUT2D eigenvalue weighted by atomic mass is 16.7. The van der Waals surface area contributed by atoms with Crippen LogP contribution in [-0.4, -0.2) is 191 Å². The summed E-state index contributed by atoms with van der Waals surface area (Å²) in [6.07, 6.45) is 3.98. The average molecular weight is 981 g/mol. The van der Waals surface area contributed by atoms with E-state index in [0.29, 0.717) is 0 Å². The van der Waals surface area contributed by atoms with Crippen LogP contribution >= 0.6 is 0 Å². The van der Waals surface area contributed by atoms with Crippen molar-refractivity contribution < 1.29 is 89.4 Å². The maximum absolute atomic E-state index is 13.9. The Morgan fingerprint density at radius 3 is 1.91 bits per heavy atom. The Bertz CT molecular complexity index is 1770. The van der Waals surface area contributed by atoms with Gasteiger partial charge in [0.1, 0.15) is 12.2 Å². The highest BCUT2D eigenvalue weighted by molar-refractivity contribution is 5.80. The maximum Gasteiger partial charge on any atom is 0.308 e. The monoisotopic (exact) mass is 981 g/mol. The molecule has 69 heavy (non-hydrogen) atoms. The molecule has 0 saturated carbocycles. The lowest BCUT2D eigenvalue weighted by molar-refractivity contribution is -0.304. The number of amides is 1. The molecular weight excluding hydrogens is 905 g/mol. The number of aliphatic hydroxyl groups excluding tert-OH is 10. The lowest BCUT2D eigenvalue weighted by Crippen LogP contribution is -2.60. The van der Waals surface area contributed by atoms with Crippen LogP contribution < -0.4 is 11.1 Å². The van der Waals surface area contributed by atoms with Crippen molar-refractivity contribution in [2.24, 2.45) is 17.6 Å². The second-order valence-corrected chi connectivity index (χ2v) is 18.6. The predicted octanol–water partition coefficient (Wildman–Crippen LogP) is -1.13. The minimum atomic E-state index is -2.32. The first-order chi connectivity index (χ1) is 32.7. The molecule has 3 fully saturated rings. The van der Waals surface area contributed by atoms with Crippen LogP contribution in [0.25, 0.3) is 0 Å². The summed E-state index contributed by atoms with van der Waals surface area (Å²) in [7, 11) is 0. The van der Waals surface area contributed by atoms with Gasteiger partial charge in [-0.05, 0) is 26.2 Å². The summed E-state index contributed by atoms with van der Waals surface area (Å²) >= 11 is 0. The Morgan fingerprint density at radius 1 is 0.667 bits per heavy atom. The average Bonchev–Trinajstić information content (AvgIpc) is 3.67. The lowest BCUT2D eigenvalue weighted by atomic mass is 9.82. The zero-order valence-electron chi connectivity index (χ0n) is 39.3. The van der Waals surface area contributed by atoms with Crippen LogP contribution in [-0.2, 0) is 33.3 Å². The van der Waals surface area contributed by atoms with E-state index in [1.165, 1.54) is 0 Å². The number of rotatable bonds is 4. The van der Waals surface area contributed by atoms with E-state index < -0.39 is 147 Å². The van der Waals surface area contributed by atoms with Crippen molar-refractivity contribution >= 4 is 11.9 Å². The number of nitrogens with one attached hydrogen (secondary N) is 1. The summed E-state index contributed by atoms with van der Waals surface area (Å²) in [5.41, 5.74) is 6.01. The number of esters is 1. The van der Waals surface area contributed by atoms with Crippen molar-refractivity contribution in [3.05, 3.63) is 85.1 Å². The molecule has 0 radical (unpaired) electrons. The number of hydrogen-bond donors (Lipinski definition) is 13. The number of aliphatic hydroxyl groups is 11. The van der Waals surface area contributed by atoms with Crippen LogP contribution in [0.5, 0.6) is 0 Å². The molecule has 4 heterocycles. The number of allylic oxidation sites excluding steroid dienone is 12. The zero-order valence-corrected chi connectivity index (χ0v) is 39.3. The number of hydrogen-bond acceptors (Lipinski definition) is 19. The fraction of sp³-hybridized carbons (Fsp3) is 0.673. The van der Waals surface area contributed by atoms with Gasteiger partial charge in [-0.15, -0.1) is 0 Å². The van der Waals surface area contributed by atoms with E-state index in [-0.39, 0.29) is 57.8 Å². The Labute approximate surface area is 403 Å². The van der Waals surface area contributed by atoms with Gasteiger partial charge in [0.05, 0.1) is 111 Å². The topological polar surface area (TPSA) is 341 Å². The van der Waals surface area contributed by atoms with Crippen LogP contribution in [0.3, 0.4) is 0 Å². The lowest BCUT2D eigenvalue weighted by Gasteiger charge is -2.46. The van der Waals surface area contributed by atoms with Crippen molar-refractivity contribution in [1.29, 1.82) is 0 Å². The summed E-state index contributed by atoms with van der Waals surface area (Å²) < 4.78 is 28.5. The molecule has 0 aromatic rings. The van der Waals surface area contributed by atoms with E-state index in [2.05, 4.69) is 5.32 Å². The molecule has 14 N–H and O–H groups in total. The Hall–Kier alpha value is -3.52. The van der Waals surface area contributed by atoms with Gasteiger partial charge in [0, 0.05) is 38.0 Å². The molecule has 8 unspecified atom stereocenters. The molecule has 0 spiro atoms. The van der Waals surface area contributed by atoms with Gasteiger partial charge < -0.3 is 90.9 Å². The molecule has 2 bridgehead atoms. The van der Waals surface area contributed by atoms with Crippen LogP contribution in [0.15, 0.2) is 85.1 Å². The first-order valence-electron chi connectivity index (χ1n) is 23.7. The van der Waals surface area contributed by atoms with Crippen LogP contribution in [0.1, 0.15) is 71.6 Å². The number of carbonyl (C=O) groups excluding carboxylic acids is 2. The van der Waals surface area contributed by atoms with E-state index in [1.54, 1.807) is 73.8 Å². The van der Waals surface area contributed by atoms with E-state index in [4.69, 9.17) is 29.4 Å². The third-order valence-electron chi connectivity index (χ3n) is 12.4. The van der Waals surface area contributed by atoms with Crippen LogP contribution in [0.4, 0.5) is 0 Å². The molecule has 0 aromatic carbocycles. The molecule has 20 nitrogen and oxygen atoms in total. The molecule has 4 aliphatic heterocycles. The Balaban J connectivity index is 1.58. The summed E-state index contributed by atoms with van der Waals surface area (Å²) in [5.74, 6) is -5.45. The standard InChI is InChI=1S/C49H76N2O18/c1-29-15-13-11-9-7-5-3-4-6-8-10-12-14-16-34(68-48-46(62)45(50)41(60)28-66-48)23-42-44(47(63)51-35-26-65-27-40(35)59)39(58)25-49(64,69-42)24-33(54)21-38(57)36(55)18-17-31(52)20-32(53)22-43(61)67-30(2)19-37(29)56/h3-16,29-42,44-46,48,52-60,62,64H,17-28,50H2,1-2H3,(H,51,63)/b4-3+,7-5+,8-6+,11-9+,12-10+,15-13+,16-14+/t29-,30-,31+,32?,33?,34?,35-,36?,37-,38?,39-,40?,41+,42-,44?,45-,46-,48-,49?/m0/s1. The number of carbonyl (C=O) groups is 2. The second-order valence-electron chi connectivity index (χ2n) is 18.6. The predicted molar refractivity (Wildman–Crippen MR) is 249 cm³/mol. The molecule has 3 saturated heterocycles. The molecule has 4 rings (SSSR count). The summed E-state index contributed by atoms with van der Waals surface area (Å²) in [4.78, 5) is 26.4. The van der Waals surface area contributed by atoms with Crippen molar-refractivity contribution in [3.8, 4) is 0 Å². The highest BCUT2D eigenvalue weighted by Gasteiger charge is 2.51. The molecule has 390 valence electrons. The van der Waals surface area contributed by atoms with E-state index >= 15 is 0 Å². The van der Waals surface area contributed by atoms with Crippen LogP contribution in [0.2, 0.25) is 0 Å². The summed E-state index contributed by atoms with van der Waals surface area (Å²) in [6.45, 7) is 3.14. The molecule has 20 heteroatoms. The van der Waals surface area contributed by atoms with Gasteiger partial charge in [-0.25, -0.2) is 0 Å². The second kappa shape index (κ2) is 29.1. The number of fused-ring (bicyclic) bond motifs is 2. The van der Waals surface area contributed by atoms with E-state index in [0.717, 1.165) is 0 Å². The van der Waals surface area contributed by atoms with Crippen LogP contribution in [0, 0.1) is 11.8 Å². The summed E-state index contributed by atoms with van der Waals surface area (Å²) in [5, 5.41) is 122. The van der Waals surface area contributed by atoms with Crippen molar-refractivity contribution in [2.45, 2.75) is 175 Å². The molecule has 19 atom stereocenters. The normalized spacial score (nSPS) is 44.6. The molecule has 0 aromatic heterocycles. The summed E-state index contributed by atoms with van der Waals surface area (Å²) in [6, 6.07) is -1.95.